The highest BCUT2D eigenvalue weighted by atomic mass is 32.2. The van der Waals surface area contributed by atoms with Crippen LogP contribution in [-0.4, -0.2) is 29.1 Å². The predicted molar refractivity (Wildman–Crippen MR) is 39.9 cm³/mol. The molecule has 0 aromatic heterocycles. The van der Waals surface area contributed by atoms with Crippen LogP contribution in [0.3, 0.4) is 0 Å². The summed E-state index contributed by atoms with van der Waals surface area (Å²) in [6.45, 7) is 3.56. The van der Waals surface area contributed by atoms with E-state index in [2.05, 4.69) is 0 Å². The van der Waals surface area contributed by atoms with Crippen molar-refractivity contribution in [3.05, 3.63) is 0 Å². The third-order valence-electron chi connectivity index (χ3n) is 1.52. The Morgan fingerprint density at radius 2 is 2.56 bits per heavy atom. The summed E-state index contributed by atoms with van der Waals surface area (Å²) < 4.78 is 18.0. The van der Waals surface area contributed by atoms with Crippen molar-refractivity contribution in [3.8, 4) is 0 Å². The molecule has 1 unspecified atom stereocenters. The van der Waals surface area contributed by atoms with Crippen molar-refractivity contribution in [1.29, 1.82) is 0 Å². The van der Waals surface area contributed by atoms with Gasteiger partial charge in [-0.1, -0.05) is 11.2 Å². The van der Waals surface area contributed by atoms with Crippen LogP contribution in [0.5, 0.6) is 0 Å². The fourth-order valence-electron chi connectivity index (χ4n) is 0.798. The quantitative estimate of drug-likeness (QED) is 0.571. The molecule has 0 spiro atoms. The van der Waals surface area contributed by atoms with Gasteiger partial charge < -0.3 is 9.86 Å². The van der Waals surface area contributed by atoms with E-state index in [0.717, 1.165) is 24.6 Å². The standard InChI is InChI=1S/C6H13NOS/c1-2-9(8)5-6-3-7-4-6/h6-7H,2-5H2,1H3/i/hD. The fourth-order valence-corrected chi connectivity index (χ4v) is 1.77. The second-order valence-corrected chi connectivity index (χ2v) is 4.14. The summed E-state index contributed by atoms with van der Waals surface area (Å²) in [4.78, 5) is 0. The minimum atomic E-state index is -0.631. The predicted octanol–water partition coefficient (Wildman–Crippen LogP) is -0.0256. The van der Waals surface area contributed by atoms with E-state index >= 15 is 0 Å². The van der Waals surface area contributed by atoms with Crippen molar-refractivity contribution in [3.63, 3.8) is 0 Å². The monoisotopic (exact) mass is 148 g/mol. The molecule has 0 saturated carbocycles. The second-order valence-electron chi connectivity index (χ2n) is 2.35. The minimum absolute atomic E-state index is 0.526. The maximum atomic E-state index is 11.0. The SMILES string of the molecule is [2H]N1CC(C[S+]([O-])CC)C1. The van der Waals surface area contributed by atoms with Crippen molar-refractivity contribution < 1.29 is 5.96 Å². The zero-order valence-electron chi connectivity index (χ0n) is 6.67. The van der Waals surface area contributed by atoms with Gasteiger partial charge in [-0.25, -0.2) is 0 Å². The molecule has 0 radical (unpaired) electrons. The molecular weight excluding hydrogens is 134 g/mol. The van der Waals surface area contributed by atoms with E-state index in [9.17, 15) is 4.55 Å². The van der Waals surface area contributed by atoms with Crippen LogP contribution in [0.2, 0.25) is 1.41 Å². The molecule has 2 nitrogen and oxygen atoms in total. The molecule has 1 atom stereocenters. The Bertz CT molecular complexity index is 108. The van der Waals surface area contributed by atoms with Crippen molar-refractivity contribution in [1.82, 2.24) is 5.31 Å². The molecular formula is C6H13NOS. The second kappa shape index (κ2) is 3.44. The third-order valence-corrected chi connectivity index (χ3v) is 3.01. The van der Waals surface area contributed by atoms with Gasteiger partial charge in [-0.2, -0.15) is 0 Å². The van der Waals surface area contributed by atoms with E-state index < -0.39 is 11.2 Å². The summed E-state index contributed by atoms with van der Waals surface area (Å²) in [5.74, 6) is 2.08. The highest BCUT2D eigenvalue weighted by Gasteiger charge is 2.21. The van der Waals surface area contributed by atoms with Crippen LogP contribution >= 0.6 is 0 Å². The topological polar surface area (TPSA) is 35.1 Å². The number of rotatable bonds is 3. The molecule has 54 valence electrons. The molecule has 0 aromatic rings. The van der Waals surface area contributed by atoms with Crippen LogP contribution in [0.25, 0.3) is 0 Å². The zero-order valence-corrected chi connectivity index (χ0v) is 6.49. The largest absolute Gasteiger partial charge is 0.616 e. The Morgan fingerprint density at radius 3 is 3.00 bits per heavy atom. The number of nitrogens with one attached hydrogen (secondary N) is 1. The lowest BCUT2D eigenvalue weighted by Gasteiger charge is -2.26. The van der Waals surface area contributed by atoms with Crippen LogP contribution in [0.4, 0.5) is 0 Å². The molecule has 1 N–H and O–H groups in total. The van der Waals surface area contributed by atoms with Gasteiger partial charge in [0, 0.05) is 19.0 Å². The fraction of sp³-hybridized carbons (Fsp3) is 1.00. The van der Waals surface area contributed by atoms with Crippen molar-refractivity contribution in [2.45, 2.75) is 6.92 Å². The van der Waals surface area contributed by atoms with Crippen LogP contribution in [0, 0.1) is 5.92 Å². The molecule has 1 fully saturated rings. The van der Waals surface area contributed by atoms with Crippen LogP contribution < -0.4 is 5.31 Å². The maximum Gasteiger partial charge on any atom is 0.122 e. The first kappa shape index (κ1) is 6.01. The Labute approximate surface area is 60.7 Å². The Morgan fingerprint density at radius 1 is 1.89 bits per heavy atom. The van der Waals surface area contributed by atoms with E-state index in [-0.39, 0.29) is 0 Å². The Kier molecular flexibility index (Phi) is 2.30. The molecule has 0 bridgehead atoms. The highest BCUT2D eigenvalue weighted by molar-refractivity contribution is 7.91. The van der Waals surface area contributed by atoms with E-state index in [1.807, 2.05) is 6.92 Å². The van der Waals surface area contributed by atoms with E-state index in [0.29, 0.717) is 5.92 Å². The lowest BCUT2D eigenvalue weighted by molar-refractivity contribution is 0.378. The Balaban J connectivity index is 2.04. The smallest absolute Gasteiger partial charge is 0.122 e. The highest BCUT2D eigenvalue weighted by Crippen LogP contribution is 2.06. The normalized spacial score (nSPS) is 27.1. The first-order valence-electron chi connectivity index (χ1n) is 3.76. The van der Waals surface area contributed by atoms with E-state index in [1.165, 1.54) is 5.31 Å². The molecule has 0 aliphatic carbocycles. The molecule has 1 aliphatic rings. The summed E-state index contributed by atoms with van der Waals surface area (Å²) in [5.41, 5.74) is 0. The average molecular weight is 148 g/mol. The van der Waals surface area contributed by atoms with E-state index in [4.69, 9.17) is 1.41 Å². The van der Waals surface area contributed by atoms with Crippen LogP contribution in [-0.2, 0) is 11.2 Å². The van der Waals surface area contributed by atoms with Crippen molar-refractivity contribution in [2.24, 2.45) is 5.92 Å². The molecule has 1 aliphatic heterocycles. The van der Waals surface area contributed by atoms with Crippen molar-refractivity contribution in [2.75, 3.05) is 24.6 Å². The van der Waals surface area contributed by atoms with Gasteiger partial charge in [0.05, 0.1) is 0 Å². The van der Waals surface area contributed by atoms with E-state index in [1.54, 1.807) is 0 Å². The minimum Gasteiger partial charge on any atom is -0.616 e. The molecule has 1 rings (SSSR count). The summed E-state index contributed by atoms with van der Waals surface area (Å²) in [6.07, 6.45) is 0. The molecule has 3 heteroatoms. The van der Waals surface area contributed by atoms with Crippen LogP contribution in [0.15, 0.2) is 0 Å². The van der Waals surface area contributed by atoms with Crippen molar-refractivity contribution >= 4 is 11.2 Å². The van der Waals surface area contributed by atoms with Gasteiger partial charge in [0.25, 0.3) is 0 Å². The van der Waals surface area contributed by atoms with Crippen LogP contribution in [0.1, 0.15) is 6.92 Å². The zero-order chi connectivity index (χ0) is 7.56. The number of hydrogen-bond acceptors (Lipinski definition) is 2. The molecule has 0 amide bonds. The lowest BCUT2D eigenvalue weighted by Crippen LogP contribution is -2.45. The Hall–Kier alpha value is 0.270. The molecule has 0 aromatic carbocycles. The maximum absolute atomic E-state index is 11.0. The molecule has 1 saturated heterocycles. The molecule has 9 heavy (non-hydrogen) atoms. The molecule has 1 heterocycles. The number of hydrogen-bond donors (Lipinski definition) is 1. The van der Waals surface area contributed by atoms with Gasteiger partial charge in [0.15, 0.2) is 0 Å². The van der Waals surface area contributed by atoms with Gasteiger partial charge in [-0.05, 0) is 6.92 Å². The first-order valence-corrected chi connectivity index (χ1v) is 4.80. The summed E-state index contributed by atoms with van der Waals surface area (Å²) in [6, 6.07) is 0. The lowest BCUT2D eigenvalue weighted by atomic mass is 10.1. The van der Waals surface area contributed by atoms with Gasteiger partial charge in [-0.3, -0.25) is 0 Å². The van der Waals surface area contributed by atoms with Gasteiger partial charge >= 0.3 is 0 Å². The first-order chi connectivity index (χ1) is 4.72. The summed E-state index contributed by atoms with van der Waals surface area (Å²) >= 11 is -0.631. The third kappa shape index (κ3) is 2.16. The van der Waals surface area contributed by atoms with Gasteiger partial charge in [-0.15, -0.1) is 0 Å². The summed E-state index contributed by atoms with van der Waals surface area (Å²) in [5, 5.41) is 1.51. The van der Waals surface area contributed by atoms with Gasteiger partial charge in [0.1, 0.15) is 12.9 Å². The van der Waals surface area contributed by atoms with Gasteiger partial charge in [0.2, 0.25) is 0 Å². The average Bonchev–Trinajstić information content (AvgIpc) is 1.84. The summed E-state index contributed by atoms with van der Waals surface area (Å²) in [7, 11) is 0.